The van der Waals surface area contributed by atoms with Gasteiger partial charge in [-0.2, -0.15) is 0 Å². The van der Waals surface area contributed by atoms with Crippen LogP contribution in [-0.2, 0) is 4.84 Å². The van der Waals surface area contributed by atoms with Gasteiger partial charge in [-0.3, -0.25) is 4.84 Å². The fraction of sp³-hybridized carbons (Fsp3) is 0.500. The molecule has 1 aliphatic heterocycles. The van der Waals surface area contributed by atoms with E-state index in [4.69, 9.17) is 4.84 Å². The maximum atomic E-state index is 5.21. The standard InChI is InChI=1S/C6H8N2O2/c1-3-8(10-4-1)6-2-5-9-7-6/h2,5H,1,3-4H2. The maximum absolute atomic E-state index is 5.21. The molecule has 10 heavy (non-hydrogen) atoms. The van der Waals surface area contributed by atoms with Gasteiger partial charge >= 0.3 is 0 Å². The van der Waals surface area contributed by atoms with Crippen molar-refractivity contribution in [2.24, 2.45) is 0 Å². The molecule has 0 aliphatic carbocycles. The summed E-state index contributed by atoms with van der Waals surface area (Å²) >= 11 is 0. The van der Waals surface area contributed by atoms with E-state index in [9.17, 15) is 0 Å². The van der Waals surface area contributed by atoms with Crippen LogP contribution in [0.2, 0.25) is 0 Å². The lowest BCUT2D eigenvalue weighted by atomic mass is 10.5. The molecule has 0 amide bonds. The first-order chi connectivity index (χ1) is 4.97. The number of hydrogen-bond donors (Lipinski definition) is 0. The quantitative estimate of drug-likeness (QED) is 0.578. The van der Waals surface area contributed by atoms with Gasteiger partial charge in [0.2, 0.25) is 0 Å². The van der Waals surface area contributed by atoms with E-state index in [1.807, 2.05) is 0 Å². The molecule has 54 valence electrons. The molecule has 1 fully saturated rings. The maximum Gasteiger partial charge on any atom is 0.195 e. The molecule has 0 unspecified atom stereocenters. The largest absolute Gasteiger partial charge is 0.363 e. The molecule has 1 aromatic heterocycles. The second-order valence-electron chi connectivity index (χ2n) is 2.15. The SMILES string of the molecule is c1cc(N2CCCO2)no1. The average molecular weight is 140 g/mol. The lowest BCUT2D eigenvalue weighted by Crippen LogP contribution is -2.15. The predicted octanol–water partition coefficient (Wildman–Crippen LogP) is 0.816. The normalized spacial score (nSPS) is 18.2. The highest BCUT2D eigenvalue weighted by Crippen LogP contribution is 2.15. The summed E-state index contributed by atoms with van der Waals surface area (Å²) in [7, 11) is 0. The Hall–Kier alpha value is -1.03. The first kappa shape index (κ1) is 5.73. The molecule has 4 heteroatoms. The van der Waals surface area contributed by atoms with Crippen LogP contribution in [0.4, 0.5) is 5.82 Å². The zero-order valence-corrected chi connectivity index (χ0v) is 5.49. The van der Waals surface area contributed by atoms with Crippen LogP contribution in [0, 0.1) is 0 Å². The molecule has 0 aromatic carbocycles. The summed E-state index contributed by atoms with van der Waals surface area (Å²) in [4.78, 5) is 5.21. The monoisotopic (exact) mass is 140 g/mol. The van der Waals surface area contributed by atoms with E-state index in [2.05, 4.69) is 9.68 Å². The van der Waals surface area contributed by atoms with Crippen molar-refractivity contribution < 1.29 is 9.36 Å². The molecule has 1 saturated heterocycles. The minimum atomic E-state index is 0.762. The predicted molar refractivity (Wildman–Crippen MR) is 34.4 cm³/mol. The minimum Gasteiger partial charge on any atom is -0.363 e. The summed E-state index contributed by atoms with van der Waals surface area (Å²) in [5.41, 5.74) is 0. The van der Waals surface area contributed by atoms with Crippen molar-refractivity contribution in [1.82, 2.24) is 5.16 Å². The van der Waals surface area contributed by atoms with Gasteiger partial charge in [0.05, 0.1) is 6.61 Å². The van der Waals surface area contributed by atoms with Crippen molar-refractivity contribution in [3.8, 4) is 0 Å². The number of hydroxylamine groups is 1. The molecule has 0 bridgehead atoms. The molecule has 0 spiro atoms. The Labute approximate surface area is 58.3 Å². The Morgan fingerprint density at radius 2 is 2.60 bits per heavy atom. The van der Waals surface area contributed by atoms with Gasteiger partial charge in [0, 0.05) is 12.6 Å². The molecule has 1 aromatic rings. The highest BCUT2D eigenvalue weighted by molar-refractivity contribution is 5.32. The topological polar surface area (TPSA) is 38.5 Å². The van der Waals surface area contributed by atoms with E-state index < -0.39 is 0 Å². The van der Waals surface area contributed by atoms with E-state index in [0.29, 0.717) is 0 Å². The van der Waals surface area contributed by atoms with Crippen molar-refractivity contribution in [3.63, 3.8) is 0 Å². The molecule has 4 nitrogen and oxygen atoms in total. The van der Waals surface area contributed by atoms with Gasteiger partial charge in [0.15, 0.2) is 5.82 Å². The summed E-state index contributed by atoms with van der Waals surface area (Å²) in [6.45, 7) is 1.69. The van der Waals surface area contributed by atoms with Crippen molar-refractivity contribution in [3.05, 3.63) is 12.3 Å². The third-order valence-corrected chi connectivity index (χ3v) is 1.43. The Balaban J connectivity index is 2.12. The van der Waals surface area contributed by atoms with Gasteiger partial charge < -0.3 is 4.52 Å². The summed E-state index contributed by atoms with van der Waals surface area (Å²) < 4.78 is 4.66. The first-order valence-electron chi connectivity index (χ1n) is 3.27. The molecule has 0 radical (unpaired) electrons. The average Bonchev–Trinajstić information content (AvgIpc) is 2.59. The highest BCUT2D eigenvalue weighted by Gasteiger charge is 2.14. The van der Waals surface area contributed by atoms with Crippen LogP contribution in [-0.4, -0.2) is 18.3 Å². The van der Waals surface area contributed by atoms with Crippen molar-refractivity contribution >= 4 is 5.82 Å². The number of aromatic nitrogens is 1. The molecule has 0 N–H and O–H groups in total. The van der Waals surface area contributed by atoms with Crippen molar-refractivity contribution in [1.29, 1.82) is 0 Å². The van der Waals surface area contributed by atoms with Crippen molar-refractivity contribution in [2.45, 2.75) is 6.42 Å². The number of nitrogens with zero attached hydrogens (tertiary/aromatic N) is 2. The number of anilines is 1. The van der Waals surface area contributed by atoms with E-state index in [1.54, 1.807) is 11.1 Å². The van der Waals surface area contributed by atoms with Gasteiger partial charge in [-0.1, -0.05) is 5.16 Å². The number of rotatable bonds is 1. The van der Waals surface area contributed by atoms with Gasteiger partial charge in [-0.05, 0) is 6.42 Å². The third kappa shape index (κ3) is 0.863. The van der Waals surface area contributed by atoms with Crippen LogP contribution in [0.1, 0.15) is 6.42 Å². The Bertz CT molecular complexity index is 192. The van der Waals surface area contributed by atoms with Gasteiger partial charge in [0.1, 0.15) is 6.26 Å². The van der Waals surface area contributed by atoms with E-state index in [0.717, 1.165) is 25.4 Å². The molecule has 0 saturated carbocycles. The Kier molecular flexibility index (Phi) is 1.32. The fourth-order valence-electron chi connectivity index (χ4n) is 0.963. The van der Waals surface area contributed by atoms with Gasteiger partial charge in [0.25, 0.3) is 0 Å². The van der Waals surface area contributed by atoms with Crippen LogP contribution in [0.15, 0.2) is 16.9 Å². The molecule has 1 aliphatic rings. The van der Waals surface area contributed by atoms with Crippen LogP contribution in [0.3, 0.4) is 0 Å². The lowest BCUT2D eigenvalue weighted by Gasteiger charge is -2.09. The lowest BCUT2D eigenvalue weighted by molar-refractivity contribution is 0.164. The van der Waals surface area contributed by atoms with Crippen molar-refractivity contribution in [2.75, 3.05) is 18.2 Å². The van der Waals surface area contributed by atoms with Crippen LogP contribution < -0.4 is 5.06 Å². The number of hydrogen-bond acceptors (Lipinski definition) is 4. The van der Waals surface area contributed by atoms with E-state index >= 15 is 0 Å². The molecule has 2 rings (SSSR count). The Morgan fingerprint density at radius 1 is 1.60 bits per heavy atom. The fourth-order valence-corrected chi connectivity index (χ4v) is 0.963. The molecule has 0 atom stereocenters. The van der Waals surface area contributed by atoms with E-state index in [1.165, 1.54) is 6.26 Å². The first-order valence-corrected chi connectivity index (χ1v) is 3.27. The second kappa shape index (κ2) is 2.30. The zero-order valence-electron chi connectivity index (χ0n) is 5.49. The van der Waals surface area contributed by atoms with E-state index in [-0.39, 0.29) is 0 Å². The highest BCUT2D eigenvalue weighted by atomic mass is 16.7. The molecule has 2 heterocycles. The smallest absolute Gasteiger partial charge is 0.195 e. The van der Waals surface area contributed by atoms with Crippen LogP contribution in [0.5, 0.6) is 0 Å². The van der Waals surface area contributed by atoms with Gasteiger partial charge in [-0.15, -0.1) is 0 Å². The minimum absolute atomic E-state index is 0.762. The third-order valence-electron chi connectivity index (χ3n) is 1.43. The summed E-state index contributed by atoms with van der Waals surface area (Å²) in [6, 6.07) is 1.78. The summed E-state index contributed by atoms with van der Waals surface area (Å²) in [5.74, 6) is 0.762. The molecular weight excluding hydrogens is 132 g/mol. The van der Waals surface area contributed by atoms with Crippen LogP contribution in [0.25, 0.3) is 0 Å². The summed E-state index contributed by atoms with van der Waals surface area (Å²) in [5, 5.41) is 5.46. The molecular formula is C6H8N2O2. The van der Waals surface area contributed by atoms with Crippen LogP contribution >= 0.6 is 0 Å². The Morgan fingerprint density at radius 3 is 3.20 bits per heavy atom. The van der Waals surface area contributed by atoms with Gasteiger partial charge in [-0.25, -0.2) is 5.06 Å². The second-order valence-corrected chi connectivity index (χ2v) is 2.15. The summed E-state index contributed by atoms with van der Waals surface area (Å²) in [6.07, 6.45) is 2.60. The zero-order chi connectivity index (χ0) is 6.81.